The minimum atomic E-state index is 0.884. The van der Waals surface area contributed by atoms with E-state index in [4.69, 9.17) is 4.74 Å². The van der Waals surface area contributed by atoms with Crippen molar-refractivity contribution in [1.29, 1.82) is 0 Å². The summed E-state index contributed by atoms with van der Waals surface area (Å²) in [5, 5.41) is 3.39. The summed E-state index contributed by atoms with van der Waals surface area (Å²) in [5.41, 5.74) is 5.05. The number of nitrogens with one attached hydrogen (secondary N) is 1. The van der Waals surface area contributed by atoms with Crippen LogP contribution in [0.15, 0.2) is 34.8 Å². The van der Waals surface area contributed by atoms with Gasteiger partial charge >= 0.3 is 0 Å². The first-order chi connectivity index (χ1) is 9.15. The van der Waals surface area contributed by atoms with Gasteiger partial charge in [-0.3, -0.25) is 0 Å². The molecule has 3 rings (SSSR count). The van der Waals surface area contributed by atoms with Crippen molar-refractivity contribution in [1.82, 2.24) is 0 Å². The molecule has 0 fully saturated rings. The van der Waals surface area contributed by atoms with Gasteiger partial charge in [0.05, 0.1) is 0 Å². The number of benzene rings is 2. The molecule has 0 aromatic heterocycles. The molecule has 2 nitrogen and oxygen atoms in total. The molecule has 3 heteroatoms. The maximum Gasteiger partial charge on any atom is 0.130 e. The van der Waals surface area contributed by atoms with Crippen LogP contribution in [0.25, 0.3) is 0 Å². The minimum absolute atomic E-state index is 0.884. The molecule has 0 atom stereocenters. The number of aryl methyl sites for hydroxylation is 1. The Kier molecular flexibility index (Phi) is 3.23. The zero-order valence-corrected chi connectivity index (χ0v) is 12.7. The summed E-state index contributed by atoms with van der Waals surface area (Å²) in [6.45, 7) is 5.22. The fourth-order valence-electron chi connectivity index (χ4n) is 2.46. The van der Waals surface area contributed by atoms with E-state index >= 15 is 0 Å². The second kappa shape index (κ2) is 4.89. The van der Waals surface area contributed by atoms with Crippen LogP contribution in [-0.4, -0.2) is 6.54 Å². The van der Waals surface area contributed by atoms with Gasteiger partial charge in [-0.1, -0.05) is 15.9 Å². The summed E-state index contributed by atoms with van der Waals surface area (Å²) >= 11 is 3.51. The van der Waals surface area contributed by atoms with Crippen molar-refractivity contribution in [2.24, 2.45) is 0 Å². The second-order valence-electron chi connectivity index (χ2n) is 4.90. The highest BCUT2D eigenvalue weighted by molar-refractivity contribution is 9.10. The zero-order chi connectivity index (χ0) is 13.4. The summed E-state index contributed by atoms with van der Waals surface area (Å²) in [5.74, 6) is 1.83. The van der Waals surface area contributed by atoms with E-state index in [1.165, 1.54) is 22.4 Å². The Labute approximate surface area is 121 Å². The molecule has 0 saturated carbocycles. The predicted molar refractivity (Wildman–Crippen MR) is 82.3 cm³/mol. The average Bonchev–Trinajstić information content (AvgIpc) is 2.86. The molecule has 2 aromatic carbocycles. The summed E-state index contributed by atoms with van der Waals surface area (Å²) in [4.78, 5) is 0. The van der Waals surface area contributed by atoms with E-state index in [9.17, 15) is 0 Å². The lowest BCUT2D eigenvalue weighted by atomic mass is 10.1. The van der Waals surface area contributed by atoms with Crippen LogP contribution in [0.1, 0.15) is 16.7 Å². The van der Waals surface area contributed by atoms with Gasteiger partial charge in [-0.15, -0.1) is 0 Å². The highest BCUT2D eigenvalue weighted by Gasteiger charge is 2.15. The van der Waals surface area contributed by atoms with Gasteiger partial charge in [-0.2, -0.15) is 0 Å². The van der Waals surface area contributed by atoms with E-state index in [0.29, 0.717) is 0 Å². The fraction of sp³-hybridized carbons (Fsp3) is 0.250. The quantitative estimate of drug-likeness (QED) is 0.856. The van der Waals surface area contributed by atoms with Gasteiger partial charge in [-0.05, 0) is 67.3 Å². The lowest BCUT2D eigenvalue weighted by molar-refractivity contribution is 0.478. The molecule has 0 bridgehead atoms. The number of anilines is 1. The molecule has 2 aromatic rings. The van der Waals surface area contributed by atoms with E-state index in [-0.39, 0.29) is 0 Å². The lowest BCUT2D eigenvalue weighted by Crippen LogP contribution is -1.92. The van der Waals surface area contributed by atoms with E-state index in [1.807, 2.05) is 18.2 Å². The number of ether oxygens (including phenoxy) is 1. The Hall–Kier alpha value is -1.48. The van der Waals surface area contributed by atoms with Gasteiger partial charge in [-0.25, -0.2) is 0 Å². The second-order valence-corrected chi connectivity index (χ2v) is 5.76. The van der Waals surface area contributed by atoms with Crippen molar-refractivity contribution in [3.05, 3.63) is 51.5 Å². The maximum absolute atomic E-state index is 6.02. The first kappa shape index (κ1) is 12.5. The van der Waals surface area contributed by atoms with Gasteiger partial charge in [0.2, 0.25) is 0 Å². The van der Waals surface area contributed by atoms with Gasteiger partial charge in [0.1, 0.15) is 11.5 Å². The SMILES string of the molecule is Cc1cc(Oc2ccc3c(c2C)CCN3)ccc1Br. The highest BCUT2D eigenvalue weighted by atomic mass is 79.9. The Morgan fingerprint density at radius 2 is 2.00 bits per heavy atom. The highest BCUT2D eigenvalue weighted by Crippen LogP contribution is 2.35. The van der Waals surface area contributed by atoms with E-state index in [2.05, 4.69) is 47.2 Å². The normalized spacial score (nSPS) is 13.0. The van der Waals surface area contributed by atoms with Gasteiger partial charge in [0.15, 0.2) is 0 Å². The molecule has 0 unspecified atom stereocenters. The number of fused-ring (bicyclic) bond motifs is 1. The Balaban J connectivity index is 1.93. The van der Waals surface area contributed by atoms with Crippen LogP contribution in [0, 0.1) is 13.8 Å². The summed E-state index contributed by atoms with van der Waals surface area (Å²) < 4.78 is 7.13. The zero-order valence-electron chi connectivity index (χ0n) is 11.1. The van der Waals surface area contributed by atoms with Gasteiger partial charge in [0, 0.05) is 16.7 Å². The summed E-state index contributed by atoms with van der Waals surface area (Å²) in [7, 11) is 0. The van der Waals surface area contributed by atoms with Crippen molar-refractivity contribution in [2.45, 2.75) is 20.3 Å². The third-order valence-electron chi connectivity index (χ3n) is 3.60. The van der Waals surface area contributed by atoms with Crippen molar-refractivity contribution in [2.75, 3.05) is 11.9 Å². The molecule has 0 aliphatic carbocycles. The van der Waals surface area contributed by atoms with Crippen molar-refractivity contribution >= 4 is 21.6 Å². The van der Waals surface area contributed by atoms with Crippen molar-refractivity contribution < 1.29 is 4.74 Å². The molecule has 0 saturated heterocycles. The lowest BCUT2D eigenvalue weighted by Gasteiger charge is -2.12. The summed E-state index contributed by atoms with van der Waals surface area (Å²) in [6.07, 6.45) is 1.08. The van der Waals surface area contributed by atoms with Crippen LogP contribution < -0.4 is 10.1 Å². The predicted octanol–water partition coefficient (Wildman–Crippen LogP) is 4.83. The molecule has 0 spiro atoms. The first-order valence-corrected chi connectivity index (χ1v) is 7.25. The maximum atomic E-state index is 6.02. The standard InChI is InChI=1S/C16H16BrNO/c1-10-9-12(3-4-14(10)17)19-16-6-5-15-13(11(16)2)7-8-18-15/h3-6,9,18H,7-8H2,1-2H3. The molecular formula is C16H16BrNO. The van der Waals surface area contributed by atoms with E-state index in [1.54, 1.807) is 0 Å². The number of halogens is 1. The largest absolute Gasteiger partial charge is 0.457 e. The van der Waals surface area contributed by atoms with Crippen molar-refractivity contribution in [3.8, 4) is 11.5 Å². The Bertz CT molecular complexity index is 637. The summed E-state index contributed by atoms with van der Waals surface area (Å²) in [6, 6.07) is 10.2. The Morgan fingerprint density at radius 3 is 2.79 bits per heavy atom. The van der Waals surface area contributed by atoms with Crippen LogP contribution in [0.3, 0.4) is 0 Å². The van der Waals surface area contributed by atoms with Crippen molar-refractivity contribution in [3.63, 3.8) is 0 Å². The molecule has 19 heavy (non-hydrogen) atoms. The monoisotopic (exact) mass is 317 g/mol. The molecule has 0 radical (unpaired) electrons. The average molecular weight is 318 g/mol. The van der Waals surface area contributed by atoms with Gasteiger partial charge < -0.3 is 10.1 Å². The molecule has 1 heterocycles. The van der Waals surface area contributed by atoms with Crippen LogP contribution in [0.2, 0.25) is 0 Å². The third-order valence-corrected chi connectivity index (χ3v) is 4.49. The van der Waals surface area contributed by atoms with E-state index < -0.39 is 0 Å². The topological polar surface area (TPSA) is 21.3 Å². The fourth-order valence-corrected chi connectivity index (χ4v) is 2.71. The van der Waals surface area contributed by atoms with E-state index in [0.717, 1.165) is 28.9 Å². The molecule has 98 valence electrons. The molecule has 0 amide bonds. The first-order valence-electron chi connectivity index (χ1n) is 6.45. The minimum Gasteiger partial charge on any atom is -0.457 e. The molecule has 1 aliphatic heterocycles. The molecule has 1 aliphatic rings. The smallest absolute Gasteiger partial charge is 0.130 e. The molecular weight excluding hydrogens is 302 g/mol. The van der Waals surface area contributed by atoms with Crippen LogP contribution in [0.5, 0.6) is 11.5 Å². The van der Waals surface area contributed by atoms with Crippen LogP contribution >= 0.6 is 15.9 Å². The number of hydrogen-bond acceptors (Lipinski definition) is 2. The molecule has 1 N–H and O–H groups in total. The Morgan fingerprint density at radius 1 is 1.16 bits per heavy atom. The number of hydrogen-bond donors (Lipinski definition) is 1. The third kappa shape index (κ3) is 2.35. The number of rotatable bonds is 2. The van der Waals surface area contributed by atoms with Crippen LogP contribution in [-0.2, 0) is 6.42 Å². The van der Waals surface area contributed by atoms with Crippen LogP contribution in [0.4, 0.5) is 5.69 Å². The van der Waals surface area contributed by atoms with Gasteiger partial charge in [0.25, 0.3) is 0 Å².